The predicted molar refractivity (Wildman–Crippen MR) is 220 cm³/mol. The molecule has 0 saturated carbocycles. The molecule has 2 aromatic rings. The van der Waals surface area contributed by atoms with Crippen molar-refractivity contribution < 1.29 is 28.7 Å². The molecule has 11 nitrogen and oxygen atoms in total. The number of methoxy groups -OCH3 is 2. The lowest BCUT2D eigenvalue weighted by molar-refractivity contribution is -0.149. The molecule has 308 valence electrons. The number of hydrogen-bond donors (Lipinski definition) is 2. The molecule has 2 N–H and O–H groups in total. The third-order valence-corrected chi connectivity index (χ3v) is 12.4. The molecule has 2 heterocycles. The number of amides is 3. The number of likely N-dealkylation sites (tertiary alicyclic amines) is 1. The lowest BCUT2D eigenvalue weighted by Gasteiger charge is -2.41. The zero-order chi connectivity index (χ0) is 41.0. The Morgan fingerprint density at radius 2 is 1.69 bits per heavy atom. The van der Waals surface area contributed by atoms with E-state index in [9.17, 15) is 19.2 Å². The zero-order valence-electron chi connectivity index (χ0n) is 35.5. The molecule has 55 heavy (non-hydrogen) atoms. The number of nitrogens with one attached hydrogen (secondary N) is 2. The fraction of sp³-hybridized carbons (Fsp3) is 0.698. The molecule has 12 heteroatoms. The quantitative estimate of drug-likeness (QED) is 0.139. The fourth-order valence-electron chi connectivity index (χ4n) is 8.19. The molecule has 1 saturated heterocycles. The smallest absolute Gasteiger partial charge is 0.226 e. The van der Waals surface area contributed by atoms with Crippen LogP contribution in [0.25, 0.3) is 0 Å². The van der Waals surface area contributed by atoms with Crippen LogP contribution in [0.15, 0.2) is 41.9 Å². The van der Waals surface area contributed by atoms with Crippen LogP contribution in [0, 0.1) is 23.7 Å². The average molecular weight is 784 g/mol. The van der Waals surface area contributed by atoms with Crippen LogP contribution >= 0.6 is 11.3 Å². The van der Waals surface area contributed by atoms with Gasteiger partial charge in [-0.1, -0.05) is 71.4 Å². The van der Waals surface area contributed by atoms with Gasteiger partial charge in [-0.05, 0) is 64.4 Å². The highest BCUT2D eigenvalue weighted by Crippen LogP contribution is 2.31. The van der Waals surface area contributed by atoms with Gasteiger partial charge in [-0.15, -0.1) is 11.3 Å². The minimum absolute atomic E-state index is 0.00852. The van der Waals surface area contributed by atoms with Gasteiger partial charge in [0, 0.05) is 57.8 Å². The Bertz CT molecular complexity index is 1500. The van der Waals surface area contributed by atoms with Gasteiger partial charge in [0.25, 0.3) is 0 Å². The summed E-state index contributed by atoms with van der Waals surface area (Å²) in [6.07, 6.45) is 3.68. The standard InChI is InChI=1S/C43H69N5O6S/c1-13-29(6)38(47(10)42(52)32(27(2)3)25-36(49)43(8,9)46-28(4)5)35(53-11)26-37(50)48-22-17-20-34(48)39(54-12)30(7)40(51)45-33(41-44-21-23-55-41)24-31-18-15-14-16-19-31/h14-16,18-19,21,23,27-30,32-35,38-39,46H,13,17,20,22,24-26H2,1-12H3,(H,45,51)/t29-,30+,32-,33-,34-,35+,38-,39+/m0/s1. The number of benzene rings is 1. The van der Waals surface area contributed by atoms with Gasteiger partial charge in [-0.25, -0.2) is 4.98 Å². The highest BCUT2D eigenvalue weighted by atomic mass is 32.1. The third-order valence-electron chi connectivity index (χ3n) is 11.5. The summed E-state index contributed by atoms with van der Waals surface area (Å²) in [7, 11) is 4.98. The first-order chi connectivity index (χ1) is 26.0. The first-order valence-electron chi connectivity index (χ1n) is 20.1. The Morgan fingerprint density at radius 1 is 1.02 bits per heavy atom. The van der Waals surface area contributed by atoms with E-state index in [0.717, 1.165) is 23.4 Å². The van der Waals surface area contributed by atoms with Crippen LogP contribution in [0.1, 0.15) is 111 Å². The number of nitrogens with zero attached hydrogens (tertiary/aromatic N) is 3. The molecule has 1 fully saturated rings. The van der Waals surface area contributed by atoms with Gasteiger partial charge in [0.05, 0.1) is 48.2 Å². The minimum Gasteiger partial charge on any atom is -0.379 e. The van der Waals surface area contributed by atoms with E-state index in [1.165, 1.54) is 11.3 Å². The van der Waals surface area contributed by atoms with Crippen LogP contribution in [0.2, 0.25) is 0 Å². The lowest BCUT2D eigenvalue weighted by Crippen LogP contribution is -2.55. The van der Waals surface area contributed by atoms with E-state index in [1.807, 2.05) is 89.1 Å². The van der Waals surface area contributed by atoms with Gasteiger partial charge in [-0.2, -0.15) is 0 Å². The van der Waals surface area contributed by atoms with E-state index >= 15 is 0 Å². The van der Waals surface area contributed by atoms with Crippen LogP contribution in [-0.4, -0.2) is 102 Å². The molecule has 0 spiro atoms. The number of likely N-dealkylation sites (N-methyl/N-ethyl adjacent to an activating group) is 1. The van der Waals surface area contributed by atoms with Crippen molar-refractivity contribution >= 4 is 34.8 Å². The molecule has 3 amide bonds. The fourth-order valence-corrected chi connectivity index (χ4v) is 8.88. The number of rotatable bonds is 22. The second-order valence-corrected chi connectivity index (χ2v) is 17.5. The minimum atomic E-state index is -0.770. The molecule has 3 rings (SSSR count). The molecular weight excluding hydrogens is 715 g/mol. The molecule has 1 aliphatic rings. The van der Waals surface area contributed by atoms with Gasteiger partial charge in [0.2, 0.25) is 17.7 Å². The van der Waals surface area contributed by atoms with E-state index < -0.39 is 35.6 Å². The SMILES string of the molecule is CC[C@H](C)[C@@H]([C@@H](CC(=O)N1CCC[C@H]1[C@H](OC)[C@@H](C)C(=O)N[C@@H](Cc1ccccc1)c1nccs1)OC)N(C)C(=O)[C@@H](CC(=O)C(C)(C)NC(C)C)C(C)C. The molecule has 1 aromatic carbocycles. The zero-order valence-corrected chi connectivity index (χ0v) is 36.3. The van der Waals surface area contributed by atoms with Crippen molar-refractivity contribution in [2.45, 2.75) is 143 Å². The molecule has 1 aliphatic heterocycles. The molecule has 8 atom stereocenters. The van der Waals surface area contributed by atoms with E-state index in [2.05, 4.69) is 29.5 Å². The van der Waals surface area contributed by atoms with E-state index in [0.29, 0.717) is 19.4 Å². The van der Waals surface area contributed by atoms with Crippen LogP contribution in [0.5, 0.6) is 0 Å². The first-order valence-corrected chi connectivity index (χ1v) is 21.0. The van der Waals surface area contributed by atoms with Gasteiger partial charge >= 0.3 is 0 Å². The van der Waals surface area contributed by atoms with Crippen molar-refractivity contribution in [3.8, 4) is 0 Å². The third kappa shape index (κ3) is 12.4. The number of hydrogen-bond acceptors (Lipinski definition) is 9. The lowest BCUT2D eigenvalue weighted by atomic mass is 9.82. The van der Waals surface area contributed by atoms with Gasteiger partial charge < -0.3 is 29.9 Å². The van der Waals surface area contributed by atoms with Crippen molar-refractivity contribution in [3.05, 3.63) is 52.5 Å². The maximum Gasteiger partial charge on any atom is 0.226 e. The van der Waals surface area contributed by atoms with E-state index in [-0.39, 0.29) is 66.3 Å². The van der Waals surface area contributed by atoms with Gasteiger partial charge in [0.1, 0.15) is 5.01 Å². The number of ether oxygens (including phenoxy) is 2. The highest BCUT2D eigenvalue weighted by Gasteiger charge is 2.43. The molecule has 0 unspecified atom stereocenters. The normalized spacial score (nSPS) is 18.7. The Kier molecular flexibility index (Phi) is 17.9. The number of aromatic nitrogens is 1. The Hall–Kier alpha value is -3.19. The van der Waals surface area contributed by atoms with Gasteiger partial charge in [0.15, 0.2) is 5.78 Å². The summed E-state index contributed by atoms with van der Waals surface area (Å²) < 4.78 is 12.1. The van der Waals surface area contributed by atoms with Gasteiger partial charge in [-0.3, -0.25) is 19.2 Å². The van der Waals surface area contributed by atoms with E-state index in [4.69, 9.17) is 9.47 Å². The topological polar surface area (TPSA) is 130 Å². The Balaban J connectivity index is 1.78. The number of thiazole rings is 1. The maximum absolute atomic E-state index is 14.3. The van der Waals surface area contributed by atoms with Crippen LogP contribution < -0.4 is 10.6 Å². The molecule has 0 radical (unpaired) electrons. The Morgan fingerprint density at radius 3 is 2.24 bits per heavy atom. The summed E-state index contributed by atoms with van der Waals surface area (Å²) >= 11 is 1.51. The average Bonchev–Trinajstić information content (AvgIpc) is 3.86. The molecule has 0 aliphatic carbocycles. The van der Waals surface area contributed by atoms with E-state index in [1.54, 1.807) is 32.4 Å². The number of carbonyl (C=O) groups is 4. The maximum atomic E-state index is 14.3. The van der Waals surface area contributed by atoms with Crippen molar-refractivity contribution in [2.75, 3.05) is 27.8 Å². The van der Waals surface area contributed by atoms with Crippen molar-refractivity contribution in [1.82, 2.24) is 25.4 Å². The highest BCUT2D eigenvalue weighted by molar-refractivity contribution is 7.09. The monoisotopic (exact) mass is 783 g/mol. The summed E-state index contributed by atoms with van der Waals surface area (Å²) in [4.78, 5) is 64.1. The van der Waals surface area contributed by atoms with Crippen LogP contribution in [0.3, 0.4) is 0 Å². The Labute approximate surface area is 334 Å². The summed E-state index contributed by atoms with van der Waals surface area (Å²) in [5, 5.41) is 9.32. The number of carbonyl (C=O) groups excluding carboxylic acids is 4. The number of ketones is 1. The second-order valence-electron chi connectivity index (χ2n) is 16.6. The predicted octanol–water partition coefficient (Wildman–Crippen LogP) is 6.47. The number of Topliss-reactive ketones (excluding diaryl/α,β-unsaturated/α-hetero) is 1. The molecular formula is C43H69N5O6S. The summed E-state index contributed by atoms with van der Waals surface area (Å²) in [6, 6.07) is 9.14. The molecule has 0 bridgehead atoms. The van der Waals surface area contributed by atoms with Crippen LogP contribution in [-0.2, 0) is 35.1 Å². The second kappa shape index (κ2) is 21.4. The summed E-state index contributed by atoms with van der Waals surface area (Å²) in [5.41, 5.74) is 0.325. The largest absolute Gasteiger partial charge is 0.379 e. The van der Waals surface area contributed by atoms with Crippen LogP contribution in [0.4, 0.5) is 0 Å². The summed E-state index contributed by atoms with van der Waals surface area (Å²) in [5.74, 6) is -1.51. The summed E-state index contributed by atoms with van der Waals surface area (Å²) in [6.45, 7) is 18.2. The van der Waals surface area contributed by atoms with Crippen molar-refractivity contribution in [2.24, 2.45) is 23.7 Å². The first kappa shape index (κ1) is 46.2. The van der Waals surface area contributed by atoms with Crippen molar-refractivity contribution in [3.63, 3.8) is 0 Å². The van der Waals surface area contributed by atoms with Crippen molar-refractivity contribution in [1.29, 1.82) is 0 Å². The molecule has 1 aromatic heterocycles.